The first-order chi connectivity index (χ1) is 8.15. The number of sulfonamides is 1. The lowest BCUT2D eigenvalue weighted by atomic mass is 10.3. The highest BCUT2D eigenvalue weighted by Crippen LogP contribution is 2.27. The number of anilines is 1. The maximum atomic E-state index is 12.0. The standard InChI is InChI=1S/C9H11F3N2O3S/c1-14-18(15,16)8-4-6(13)2-3-7(8)17-5-9(10,11)12/h2-4,14H,5,13H2,1H3. The molecule has 0 saturated heterocycles. The number of hydrogen-bond donors (Lipinski definition) is 2. The number of nitrogens with two attached hydrogens (primary N) is 1. The zero-order valence-electron chi connectivity index (χ0n) is 9.28. The molecule has 1 aromatic carbocycles. The molecule has 9 heteroatoms. The molecule has 0 spiro atoms. The van der Waals surface area contributed by atoms with Crippen molar-refractivity contribution in [3.05, 3.63) is 18.2 Å². The van der Waals surface area contributed by atoms with Gasteiger partial charge in [0.15, 0.2) is 6.61 Å². The molecule has 0 radical (unpaired) electrons. The molecule has 1 aromatic rings. The van der Waals surface area contributed by atoms with E-state index in [9.17, 15) is 21.6 Å². The summed E-state index contributed by atoms with van der Waals surface area (Å²) in [5.41, 5.74) is 5.49. The van der Waals surface area contributed by atoms with Gasteiger partial charge in [-0.1, -0.05) is 0 Å². The fourth-order valence-electron chi connectivity index (χ4n) is 1.12. The van der Waals surface area contributed by atoms with Crippen LogP contribution < -0.4 is 15.2 Å². The summed E-state index contributed by atoms with van der Waals surface area (Å²) in [5, 5.41) is 0. The van der Waals surface area contributed by atoms with Gasteiger partial charge in [0.05, 0.1) is 0 Å². The second kappa shape index (κ2) is 5.02. The van der Waals surface area contributed by atoms with Gasteiger partial charge in [0, 0.05) is 5.69 Å². The summed E-state index contributed by atoms with van der Waals surface area (Å²) in [6.07, 6.45) is -4.55. The highest BCUT2D eigenvalue weighted by molar-refractivity contribution is 7.89. The van der Waals surface area contributed by atoms with Crippen LogP contribution in [0.4, 0.5) is 18.9 Å². The monoisotopic (exact) mass is 284 g/mol. The first kappa shape index (κ1) is 14.6. The van der Waals surface area contributed by atoms with Crippen LogP contribution in [0.15, 0.2) is 23.1 Å². The molecule has 1 rings (SSSR count). The molecule has 0 aromatic heterocycles. The summed E-state index contributed by atoms with van der Waals surface area (Å²) >= 11 is 0. The zero-order chi connectivity index (χ0) is 14.0. The minimum atomic E-state index is -4.55. The Balaban J connectivity index is 3.13. The molecular formula is C9H11F3N2O3S. The normalized spacial score (nSPS) is 12.4. The number of nitrogen functional groups attached to an aromatic ring is 1. The van der Waals surface area contributed by atoms with Crippen LogP contribution in [-0.4, -0.2) is 28.2 Å². The molecule has 102 valence electrons. The Hall–Kier alpha value is -1.48. The van der Waals surface area contributed by atoms with Crippen molar-refractivity contribution in [2.24, 2.45) is 0 Å². The van der Waals surface area contributed by atoms with Crippen molar-refractivity contribution < 1.29 is 26.3 Å². The number of halogens is 3. The average molecular weight is 284 g/mol. The minimum Gasteiger partial charge on any atom is -0.483 e. The predicted molar refractivity (Wildman–Crippen MR) is 58.6 cm³/mol. The van der Waals surface area contributed by atoms with E-state index in [1.54, 1.807) is 0 Å². The lowest BCUT2D eigenvalue weighted by Gasteiger charge is -2.13. The van der Waals surface area contributed by atoms with Crippen LogP contribution in [0.25, 0.3) is 0 Å². The molecule has 18 heavy (non-hydrogen) atoms. The Morgan fingerprint density at radius 3 is 2.50 bits per heavy atom. The third-order valence-electron chi connectivity index (χ3n) is 1.92. The maximum Gasteiger partial charge on any atom is 0.422 e. The van der Waals surface area contributed by atoms with Gasteiger partial charge in [-0.2, -0.15) is 13.2 Å². The van der Waals surface area contributed by atoms with Gasteiger partial charge < -0.3 is 10.5 Å². The number of hydrogen-bond acceptors (Lipinski definition) is 4. The minimum absolute atomic E-state index is 0.100. The van der Waals surface area contributed by atoms with Crippen LogP contribution in [0.1, 0.15) is 0 Å². The molecule has 0 bridgehead atoms. The van der Waals surface area contributed by atoms with Crippen molar-refractivity contribution in [2.75, 3.05) is 19.4 Å². The van der Waals surface area contributed by atoms with Crippen LogP contribution in [0.5, 0.6) is 5.75 Å². The summed E-state index contributed by atoms with van der Waals surface area (Å²) in [4.78, 5) is -0.436. The molecule has 0 saturated carbocycles. The van der Waals surface area contributed by atoms with E-state index in [4.69, 9.17) is 5.73 Å². The predicted octanol–water partition coefficient (Wildman–Crippen LogP) is 1.12. The van der Waals surface area contributed by atoms with Gasteiger partial charge in [0.2, 0.25) is 10.0 Å². The molecule has 0 amide bonds. The molecule has 0 aliphatic carbocycles. The number of ether oxygens (including phenoxy) is 1. The van der Waals surface area contributed by atoms with Crippen LogP contribution in [-0.2, 0) is 10.0 Å². The number of rotatable bonds is 4. The van der Waals surface area contributed by atoms with E-state index in [-0.39, 0.29) is 5.69 Å². The van der Waals surface area contributed by atoms with E-state index >= 15 is 0 Å². The molecule has 0 atom stereocenters. The van der Waals surface area contributed by atoms with Crippen LogP contribution in [0.2, 0.25) is 0 Å². The third kappa shape index (κ3) is 3.77. The number of benzene rings is 1. The van der Waals surface area contributed by atoms with Gasteiger partial charge in [-0.05, 0) is 25.2 Å². The van der Waals surface area contributed by atoms with Gasteiger partial charge in [-0.15, -0.1) is 0 Å². The molecular weight excluding hydrogens is 273 g/mol. The average Bonchev–Trinajstić information content (AvgIpc) is 2.26. The SMILES string of the molecule is CNS(=O)(=O)c1cc(N)ccc1OCC(F)(F)F. The maximum absolute atomic E-state index is 12.0. The summed E-state index contributed by atoms with van der Waals surface area (Å²) in [7, 11) is -2.81. The van der Waals surface area contributed by atoms with Crippen LogP contribution in [0.3, 0.4) is 0 Å². The Bertz CT molecular complexity index is 528. The van der Waals surface area contributed by atoms with Crippen molar-refractivity contribution in [3.63, 3.8) is 0 Å². The Morgan fingerprint density at radius 2 is 2.00 bits per heavy atom. The Morgan fingerprint density at radius 1 is 1.39 bits per heavy atom. The molecule has 0 unspecified atom stereocenters. The first-order valence-electron chi connectivity index (χ1n) is 4.68. The van der Waals surface area contributed by atoms with Gasteiger partial charge in [0.1, 0.15) is 10.6 Å². The first-order valence-corrected chi connectivity index (χ1v) is 6.16. The van der Waals surface area contributed by atoms with Gasteiger partial charge >= 0.3 is 6.18 Å². The van der Waals surface area contributed by atoms with E-state index in [2.05, 4.69) is 4.74 Å². The van der Waals surface area contributed by atoms with Crippen molar-refractivity contribution in [1.29, 1.82) is 0 Å². The van der Waals surface area contributed by atoms with E-state index < -0.39 is 33.5 Å². The van der Waals surface area contributed by atoms with Crippen LogP contribution >= 0.6 is 0 Å². The lowest BCUT2D eigenvalue weighted by Crippen LogP contribution is -2.23. The Kier molecular flexibility index (Phi) is 4.07. The van der Waals surface area contributed by atoms with Crippen molar-refractivity contribution in [1.82, 2.24) is 4.72 Å². The lowest BCUT2D eigenvalue weighted by molar-refractivity contribution is -0.153. The Labute approximate surface area is 102 Å². The fourth-order valence-corrected chi connectivity index (χ4v) is 2.03. The zero-order valence-corrected chi connectivity index (χ0v) is 10.1. The quantitative estimate of drug-likeness (QED) is 0.812. The molecule has 0 fully saturated rings. The highest BCUT2D eigenvalue weighted by Gasteiger charge is 2.29. The van der Waals surface area contributed by atoms with E-state index in [0.29, 0.717) is 0 Å². The molecule has 0 aliphatic rings. The number of alkyl halides is 3. The van der Waals surface area contributed by atoms with Gasteiger partial charge in [-0.25, -0.2) is 13.1 Å². The molecule has 3 N–H and O–H groups in total. The summed E-state index contributed by atoms with van der Waals surface area (Å²) < 4.78 is 65.6. The molecule has 5 nitrogen and oxygen atoms in total. The van der Waals surface area contributed by atoms with Crippen molar-refractivity contribution >= 4 is 15.7 Å². The largest absolute Gasteiger partial charge is 0.483 e. The second-order valence-corrected chi connectivity index (χ2v) is 5.17. The fraction of sp³-hybridized carbons (Fsp3) is 0.333. The topological polar surface area (TPSA) is 81.4 Å². The van der Waals surface area contributed by atoms with E-state index in [1.165, 1.54) is 6.07 Å². The van der Waals surface area contributed by atoms with Gasteiger partial charge in [0.25, 0.3) is 0 Å². The van der Waals surface area contributed by atoms with Gasteiger partial charge in [-0.3, -0.25) is 0 Å². The highest BCUT2D eigenvalue weighted by atomic mass is 32.2. The van der Waals surface area contributed by atoms with Crippen LogP contribution in [0, 0.1) is 0 Å². The molecule has 0 aliphatic heterocycles. The summed E-state index contributed by atoms with van der Waals surface area (Å²) in [6.45, 7) is -1.58. The number of nitrogens with one attached hydrogen (secondary N) is 1. The summed E-state index contributed by atoms with van der Waals surface area (Å²) in [5.74, 6) is -0.407. The van der Waals surface area contributed by atoms with Crippen molar-refractivity contribution in [3.8, 4) is 5.75 Å². The third-order valence-corrected chi connectivity index (χ3v) is 3.35. The smallest absolute Gasteiger partial charge is 0.422 e. The molecule has 0 heterocycles. The van der Waals surface area contributed by atoms with E-state index in [0.717, 1.165) is 19.2 Å². The summed E-state index contributed by atoms with van der Waals surface area (Å²) in [6, 6.07) is 3.35. The van der Waals surface area contributed by atoms with Crippen molar-refractivity contribution in [2.45, 2.75) is 11.1 Å². The van der Waals surface area contributed by atoms with E-state index in [1.807, 2.05) is 4.72 Å². The second-order valence-electron chi connectivity index (χ2n) is 3.32.